The smallest absolute Gasteiger partial charge is 0.309 e. The van der Waals surface area contributed by atoms with Crippen molar-refractivity contribution in [2.75, 3.05) is 13.1 Å². The van der Waals surface area contributed by atoms with Crippen molar-refractivity contribution in [3.05, 3.63) is 0 Å². The van der Waals surface area contributed by atoms with Crippen molar-refractivity contribution in [2.24, 2.45) is 11.8 Å². The highest BCUT2D eigenvalue weighted by Gasteiger charge is 2.34. The van der Waals surface area contributed by atoms with Gasteiger partial charge in [0.15, 0.2) is 0 Å². The number of nitrogens with zero attached hydrogens (tertiary/aromatic N) is 1. The number of nitrogens with one attached hydrogen (secondary N) is 1. The maximum absolute atomic E-state index is 11.7. The average molecular weight is 208 g/mol. The quantitative estimate of drug-likeness (QED) is 0.683. The molecule has 4 heteroatoms. The summed E-state index contributed by atoms with van der Waals surface area (Å²) in [6.45, 7) is 1.82. The molecule has 1 saturated carbocycles. The number of carbonyl (C=O) groups excluding carboxylic acids is 1. The van der Waals surface area contributed by atoms with Crippen molar-refractivity contribution in [2.45, 2.75) is 31.8 Å². The second-order valence-corrected chi connectivity index (χ2v) is 4.38. The first kappa shape index (κ1) is 10.4. The van der Waals surface area contributed by atoms with E-state index in [1.165, 1.54) is 0 Å². The van der Waals surface area contributed by atoms with Crippen LogP contribution in [0.4, 0.5) is 0 Å². The first-order valence-corrected chi connectivity index (χ1v) is 5.60. The lowest BCUT2D eigenvalue weighted by Crippen LogP contribution is -2.38. The van der Waals surface area contributed by atoms with Gasteiger partial charge in [-0.2, -0.15) is 5.26 Å². The summed E-state index contributed by atoms with van der Waals surface area (Å²) in [5.41, 5.74) is 0. The highest BCUT2D eigenvalue weighted by Crippen LogP contribution is 2.30. The number of hydrogen-bond donors (Lipinski definition) is 1. The highest BCUT2D eigenvalue weighted by molar-refractivity contribution is 5.72. The molecule has 2 fully saturated rings. The number of ether oxygens (including phenoxy) is 1. The molecule has 4 nitrogen and oxygen atoms in total. The first-order chi connectivity index (χ1) is 7.29. The fourth-order valence-corrected chi connectivity index (χ4v) is 2.09. The monoisotopic (exact) mass is 208 g/mol. The van der Waals surface area contributed by atoms with E-state index in [0.717, 1.165) is 38.8 Å². The summed E-state index contributed by atoms with van der Waals surface area (Å²) < 4.78 is 5.34. The number of rotatable bonds is 2. The molecule has 1 heterocycles. The fraction of sp³-hybridized carbons (Fsp3) is 0.818. The maximum Gasteiger partial charge on any atom is 0.309 e. The van der Waals surface area contributed by atoms with Crippen LogP contribution in [0.5, 0.6) is 0 Å². The molecule has 0 aromatic carbocycles. The molecule has 0 aromatic rings. The van der Waals surface area contributed by atoms with Gasteiger partial charge in [0.25, 0.3) is 0 Å². The van der Waals surface area contributed by atoms with Crippen LogP contribution in [-0.4, -0.2) is 25.2 Å². The van der Waals surface area contributed by atoms with Gasteiger partial charge in [0.05, 0.1) is 17.9 Å². The van der Waals surface area contributed by atoms with Gasteiger partial charge < -0.3 is 10.1 Å². The maximum atomic E-state index is 11.7. The Balaban J connectivity index is 1.71. The second kappa shape index (κ2) is 4.63. The molecule has 0 aromatic heterocycles. The van der Waals surface area contributed by atoms with E-state index in [-0.39, 0.29) is 23.9 Å². The minimum Gasteiger partial charge on any atom is -0.462 e. The number of carbonyl (C=O) groups is 1. The van der Waals surface area contributed by atoms with E-state index in [2.05, 4.69) is 11.4 Å². The second-order valence-electron chi connectivity index (χ2n) is 4.38. The molecule has 0 bridgehead atoms. The lowest BCUT2D eigenvalue weighted by atomic mass is 9.83. The van der Waals surface area contributed by atoms with Crippen molar-refractivity contribution in [3.63, 3.8) is 0 Å². The summed E-state index contributed by atoms with van der Waals surface area (Å²) in [5.74, 6) is 0.126. The highest BCUT2D eigenvalue weighted by atomic mass is 16.5. The standard InChI is InChI=1S/C11H16N2O2/c12-7-8-5-10(6-8)15-11(14)9-1-3-13-4-2-9/h8-10,13H,1-6H2. The van der Waals surface area contributed by atoms with Gasteiger partial charge in [-0.25, -0.2) is 0 Å². The summed E-state index contributed by atoms with van der Waals surface area (Å²) in [7, 11) is 0. The number of piperidine rings is 1. The number of hydrogen-bond acceptors (Lipinski definition) is 4. The van der Waals surface area contributed by atoms with Gasteiger partial charge in [0.1, 0.15) is 6.10 Å². The van der Waals surface area contributed by atoms with Gasteiger partial charge in [-0.1, -0.05) is 0 Å². The summed E-state index contributed by atoms with van der Waals surface area (Å²) >= 11 is 0. The van der Waals surface area contributed by atoms with Crippen molar-refractivity contribution in [1.29, 1.82) is 5.26 Å². The zero-order valence-corrected chi connectivity index (χ0v) is 8.74. The van der Waals surface area contributed by atoms with Crippen LogP contribution in [0.15, 0.2) is 0 Å². The fourth-order valence-electron chi connectivity index (χ4n) is 2.09. The molecule has 0 radical (unpaired) electrons. The Morgan fingerprint density at radius 1 is 1.33 bits per heavy atom. The van der Waals surface area contributed by atoms with Gasteiger partial charge in [0.2, 0.25) is 0 Å². The average Bonchev–Trinajstić information content (AvgIpc) is 2.23. The van der Waals surface area contributed by atoms with Crippen LogP contribution in [0.1, 0.15) is 25.7 Å². The molecule has 2 rings (SSSR count). The molecule has 0 spiro atoms. The molecule has 0 amide bonds. The predicted molar refractivity (Wildman–Crippen MR) is 53.8 cm³/mol. The van der Waals surface area contributed by atoms with E-state index >= 15 is 0 Å². The van der Waals surface area contributed by atoms with E-state index in [1.807, 2.05) is 0 Å². The Bertz CT molecular complexity index is 273. The molecule has 2 aliphatic rings. The minimum atomic E-state index is -0.0575. The largest absolute Gasteiger partial charge is 0.462 e. The van der Waals surface area contributed by atoms with Crippen LogP contribution >= 0.6 is 0 Å². The van der Waals surface area contributed by atoms with Gasteiger partial charge >= 0.3 is 5.97 Å². The van der Waals surface area contributed by atoms with E-state index in [9.17, 15) is 4.79 Å². The third kappa shape index (κ3) is 2.48. The van der Waals surface area contributed by atoms with E-state index in [1.54, 1.807) is 0 Å². The Morgan fingerprint density at radius 3 is 2.60 bits per heavy atom. The number of nitriles is 1. The van der Waals surface area contributed by atoms with Crippen molar-refractivity contribution in [1.82, 2.24) is 5.32 Å². The Labute approximate surface area is 89.6 Å². The topological polar surface area (TPSA) is 62.1 Å². The Kier molecular flexibility index (Phi) is 3.22. The summed E-state index contributed by atoms with van der Waals surface area (Å²) in [6, 6.07) is 2.18. The molecule has 1 N–H and O–H groups in total. The molecular formula is C11H16N2O2. The molecule has 82 valence electrons. The van der Waals surface area contributed by atoms with E-state index < -0.39 is 0 Å². The van der Waals surface area contributed by atoms with Gasteiger partial charge in [-0.3, -0.25) is 4.79 Å². The summed E-state index contributed by atoms with van der Waals surface area (Å²) in [4.78, 5) is 11.7. The van der Waals surface area contributed by atoms with Crippen LogP contribution in [0, 0.1) is 23.2 Å². The van der Waals surface area contributed by atoms with Crippen molar-refractivity contribution in [3.8, 4) is 6.07 Å². The molecule has 0 atom stereocenters. The van der Waals surface area contributed by atoms with Crippen LogP contribution < -0.4 is 5.32 Å². The molecular weight excluding hydrogens is 192 g/mol. The zero-order valence-electron chi connectivity index (χ0n) is 8.74. The Hall–Kier alpha value is -1.08. The summed E-state index contributed by atoms with van der Waals surface area (Å²) in [6.07, 6.45) is 3.23. The minimum absolute atomic E-state index is 0.0111. The van der Waals surface area contributed by atoms with Crippen LogP contribution in [0.2, 0.25) is 0 Å². The van der Waals surface area contributed by atoms with E-state index in [0.29, 0.717) is 0 Å². The van der Waals surface area contributed by atoms with Crippen LogP contribution in [0.25, 0.3) is 0 Å². The molecule has 1 aliphatic heterocycles. The van der Waals surface area contributed by atoms with Gasteiger partial charge in [0, 0.05) is 12.8 Å². The lowest BCUT2D eigenvalue weighted by Gasteiger charge is -2.32. The van der Waals surface area contributed by atoms with Crippen LogP contribution in [0.3, 0.4) is 0 Å². The van der Waals surface area contributed by atoms with Gasteiger partial charge in [-0.05, 0) is 25.9 Å². The van der Waals surface area contributed by atoms with Gasteiger partial charge in [-0.15, -0.1) is 0 Å². The summed E-state index contributed by atoms with van der Waals surface area (Å²) in [5, 5.41) is 11.8. The first-order valence-electron chi connectivity index (χ1n) is 5.60. The lowest BCUT2D eigenvalue weighted by molar-refractivity contribution is -0.160. The number of esters is 1. The normalized spacial score (nSPS) is 31.4. The predicted octanol–water partition coefficient (Wildman–Crippen LogP) is 0.831. The van der Waals surface area contributed by atoms with Crippen molar-refractivity contribution < 1.29 is 9.53 Å². The molecule has 1 aliphatic carbocycles. The molecule has 15 heavy (non-hydrogen) atoms. The van der Waals surface area contributed by atoms with Crippen molar-refractivity contribution >= 4 is 5.97 Å². The van der Waals surface area contributed by atoms with E-state index in [4.69, 9.17) is 10.00 Å². The molecule has 1 saturated heterocycles. The SMILES string of the molecule is N#CC1CC(OC(=O)C2CCNCC2)C1. The molecule has 0 unspecified atom stereocenters. The zero-order chi connectivity index (χ0) is 10.7. The Morgan fingerprint density at radius 2 is 2.00 bits per heavy atom. The third-order valence-electron chi connectivity index (χ3n) is 3.23. The van der Waals surface area contributed by atoms with Crippen LogP contribution in [-0.2, 0) is 9.53 Å². The third-order valence-corrected chi connectivity index (χ3v) is 3.23.